The minimum atomic E-state index is 0.0787. The Labute approximate surface area is 116 Å². The molecule has 0 saturated carbocycles. The van der Waals surface area contributed by atoms with Gasteiger partial charge in [-0.3, -0.25) is 0 Å². The molecule has 0 fully saturated rings. The molecule has 0 unspecified atom stereocenters. The first-order chi connectivity index (χ1) is 9.25. The van der Waals surface area contributed by atoms with Gasteiger partial charge in [0, 0.05) is 12.2 Å². The Morgan fingerprint density at radius 3 is 3.05 bits per heavy atom. The molecular weight excluding hydrogens is 262 g/mol. The first kappa shape index (κ1) is 12.3. The summed E-state index contributed by atoms with van der Waals surface area (Å²) in [6.07, 6.45) is 3.64. The van der Waals surface area contributed by atoms with Gasteiger partial charge < -0.3 is 14.1 Å². The molecule has 98 valence electrons. The third-order valence-electron chi connectivity index (χ3n) is 3.09. The number of aromatic nitrogens is 2. The van der Waals surface area contributed by atoms with E-state index in [-0.39, 0.29) is 6.04 Å². The standard InChI is InChI=1S/C14H14ClN3O/c1-10(16-9-11-5-4-8-19-11)13-14(15)17-12-6-2-3-7-18(12)13/h2-8,10,16H,9H2,1H3/t10-/m0/s1. The number of imidazole rings is 1. The van der Waals surface area contributed by atoms with Gasteiger partial charge in [0.1, 0.15) is 11.4 Å². The summed E-state index contributed by atoms with van der Waals surface area (Å²) in [5.41, 5.74) is 1.82. The zero-order valence-electron chi connectivity index (χ0n) is 10.5. The Balaban J connectivity index is 1.84. The molecule has 0 aliphatic rings. The first-order valence-electron chi connectivity index (χ1n) is 6.14. The maximum absolute atomic E-state index is 6.23. The molecule has 3 rings (SSSR count). The van der Waals surface area contributed by atoms with Crippen LogP contribution in [0, 0.1) is 0 Å². The number of nitrogens with zero attached hydrogens (tertiary/aromatic N) is 2. The molecule has 0 saturated heterocycles. The summed E-state index contributed by atoms with van der Waals surface area (Å²) in [6.45, 7) is 2.72. The molecule has 5 heteroatoms. The van der Waals surface area contributed by atoms with Crippen LogP contribution in [0.2, 0.25) is 5.15 Å². The van der Waals surface area contributed by atoms with Crippen molar-refractivity contribution in [1.82, 2.24) is 14.7 Å². The SMILES string of the molecule is C[C@H](NCc1ccco1)c1c(Cl)nc2ccccn12. The van der Waals surface area contributed by atoms with E-state index >= 15 is 0 Å². The lowest BCUT2D eigenvalue weighted by Crippen LogP contribution is -2.19. The van der Waals surface area contributed by atoms with Crippen molar-refractivity contribution in [1.29, 1.82) is 0 Å². The van der Waals surface area contributed by atoms with Crippen molar-refractivity contribution >= 4 is 17.2 Å². The number of nitrogens with one attached hydrogen (secondary N) is 1. The molecule has 0 aliphatic carbocycles. The third-order valence-corrected chi connectivity index (χ3v) is 3.37. The Bertz CT molecular complexity index is 675. The number of fused-ring (bicyclic) bond motifs is 1. The zero-order chi connectivity index (χ0) is 13.2. The van der Waals surface area contributed by atoms with Gasteiger partial charge in [0.2, 0.25) is 0 Å². The molecule has 0 bridgehead atoms. The minimum absolute atomic E-state index is 0.0787. The maximum Gasteiger partial charge on any atom is 0.152 e. The fourth-order valence-electron chi connectivity index (χ4n) is 2.14. The van der Waals surface area contributed by atoms with E-state index in [1.165, 1.54) is 0 Å². The summed E-state index contributed by atoms with van der Waals surface area (Å²) in [5.74, 6) is 0.900. The monoisotopic (exact) mass is 275 g/mol. The maximum atomic E-state index is 6.23. The van der Waals surface area contributed by atoms with Crippen LogP contribution in [-0.2, 0) is 6.54 Å². The van der Waals surface area contributed by atoms with Crippen molar-refractivity contribution in [3.8, 4) is 0 Å². The Hall–Kier alpha value is -1.78. The predicted octanol–water partition coefficient (Wildman–Crippen LogP) is 3.43. The molecular formula is C14H14ClN3O. The fourth-order valence-corrected chi connectivity index (χ4v) is 2.48. The fraction of sp³-hybridized carbons (Fsp3) is 0.214. The van der Waals surface area contributed by atoms with Crippen LogP contribution < -0.4 is 5.32 Å². The largest absolute Gasteiger partial charge is 0.468 e. The van der Waals surface area contributed by atoms with E-state index in [0.717, 1.165) is 17.1 Å². The van der Waals surface area contributed by atoms with Crippen molar-refractivity contribution < 1.29 is 4.42 Å². The topological polar surface area (TPSA) is 42.5 Å². The smallest absolute Gasteiger partial charge is 0.152 e. The minimum Gasteiger partial charge on any atom is -0.468 e. The van der Waals surface area contributed by atoms with Crippen LogP contribution in [0.3, 0.4) is 0 Å². The molecule has 0 spiro atoms. The number of rotatable bonds is 4. The predicted molar refractivity (Wildman–Crippen MR) is 74.2 cm³/mol. The molecule has 0 radical (unpaired) electrons. The summed E-state index contributed by atoms with van der Waals surface area (Å²) in [5, 5.41) is 3.91. The summed E-state index contributed by atoms with van der Waals surface area (Å²) in [7, 11) is 0. The average Bonchev–Trinajstić information content (AvgIpc) is 3.02. The molecule has 1 atom stereocenters. The summed E-state index contributed by atoms with van der Waals surface area (Å²) in [4.78, 5) is 4.34. The first-order valence-corrected chi connectivity index (χ1v) is 6.52. The third kappa shape index (κ3) is 2.37. The molecule has 3 heterocycles. The highest BCUT2D eigenvalue weighted by Gasteiger charge is 2.16. The number of hydrogen-bond donors (Lipinski definition) is 1. The summed E-state index contributed by atoms with van der Waals surface area (Å²) in [6, 6.07) is 9.75. The van der Waals surface area contributed by atoms with E-state index in [4.69, 9.17) is 16.0 Å². The number of furan rings is 1. The lowest BCUT2D eigenvalue weighted by atomic mass is 10.2. The molecule has 1 N–H and O–H groups in total. The van der Waals surface area contributed by atoms with E-state index < -0.39 is 0 Å². The van der Waals surface area contributed by atoms with Gasteiger partial charge in [-0.1, -0.05) is 17.7 Å². The van der Waals surface area contributed by atoms with Crippen LogP contribution in [0.1, 0.15) is 24.4 Å². The number of pyridine rings is 1. The van der Waals surface area contributed by atoms with Gasteiger partial charge >= 0.3 is 0 Å². The van der Waals surface area contributed by atoms with Gasteiger partial charge in [0.05, 0.1) is 18.5 Å². The van der Waals surface area contributed by atoms with Gasteiger partial charge in [0.25, 0.3) is 0 Å². The zero-order valence-corrected chi connectivity index (χ0v) is 11.3. The van der Waals surface area contributed by atoms with Crippen LogP contribution in [0.15, 0.2) is 47.2 Å². The van der Waals surface area contributed by atoms with Crippen molar-refractivity contribution in [2.24, 2.45) is 0 Å². The Morgan fingerprint density at radius 1 is 1.37 bits per heavy atom. The molecule has 4 nitrogen and oxygen atoms in total. The molecule has 3 aromatic rings. The molecule has 0 aliphatic heterocycles. The summed E-state index contributed by atoms with van der Waals surface area (Å²) < 4.78 is 7.30. The van der Waals surface area contributed by atoms with Crippen LogP contribution in [0.5, 0.6) is 0 Å². The van der Waals surface area contributed by atoms with Crippen LogP contribution in [0.25, 0.3) is 5.65 Å². The Morgan fingerprint density at radius 2 is 2.26 bits per heavy atom. The highest BCUT2D eigenvalue weighted by atomic mass is 35.5. The average molecular weight is 276 g/mol. The second-order valence-corrected chi connectivity index (χ2v) is 4.76. The van der Waals surface area contributed by atoms with Gasteiger partial charge in [-0.2, -0.15) is 0 Å². The molecule has 19 heavy (non-hydrogen) atoms. The van der Waals surface area contributed by atoms with Crippen molar-refractivity contribution in [3.63, 3.8) is 0 Å². The number of hydrogen-bond acceptors (Lipinski definition) is 3. The highest BCUT2D eigenvalue weighted by molar-refractivity contribution is 6.30. The van der Waals surface area contributed by atoms with Crippen LogP contribution >= 0.6 is 11.6 Å². The molecule has 0 amide bonds. The van der Waals surface area contributed by atoms with E-state index in [1.54, 1.807) is 6.26 Å². The van der Waals surface area contributed by atoms with Crippen molar-refractivity contribution in [2.75, 3.05) is 0 Å². The number of halogens is 1. The van der Waals surface area contributed by atoms with Crippen molar-refractivity contribution in [2.45, 2.75) is 19.5 Å². The van der Waals surface area contributed by atoms with E-state index in [9.17, 15) is 0 Å². The van der Waals surface area contributed by atoms with E-state index in [0.29, 0.717) is 11.7 Å². The van der Waals surface area contributed by atoms with Crippen LogP contribution in [0.4, 0.5) is 0 Å². The second-order valence-electron chi connectivity index (χ2n) is 4.40. The Kier molecular flexibility index (Phi) is 3.27. The van der Waals surface area contributed by atoms with Crippen molar-refractivity contribution in [3.05, 3.63) is 59.4 Å². The lowest BCUT2D eigenvalue weighted by Gasteiger charge is -2.13. The normalized spacial score (nSPS) is 12.9. The second kappa shape index (κ2) is 5.07. The van der Waals surface area contributed by atoms with Gasteiger partial charge in [-0.15, -0.1) is 0 Å². The molecule has 3 aromatic heterocycles. The van der Waals surface area contributed by atoms with E-state index in [2.05, 4.69) is 17.2 Å². The highest BCUT2D eigenvalue weighted by Crippen LogP contribution is 2.24. The lowest BCUT2D eigenvalue weighted by molar-refractivity contribution is 0.456. The summed E-state index contributed by atoms with van der Waals surface area (Å²) >= 11 is 6.23. The van der Waals surface area contributed by atoms with Crippen LogP contribution in [-0.4, -0.2) is 9.38 Å². The quantitative estimate of drug-likeness (QED) is 0.793. The van der Waals surface area contributed by atoms with Gasteiger partial charge in [0.15, 0.2) is 5.15 Å². The van der Waals surface area contributed by atoms with E-state index in [1.807, 2.05) is 40.9 Å². The van der Waals surface area contributed by atoms with Gasteiger partial charge in [-0.05, 0) is 31.2 Å². The molecule has 0 aromatic carbocycles. The van der Waals surface area contributed by atoms with Gasteiger partial charge in [-0.25, -0.2) is 4.98 Å².